The molecule has 0 radical (unpaired) electrons. The average Bonchev–Trinajstić information content (AvgIpc) is 3.08. The number of benzene rings is 2. The molecule has 5 nitrogen and oxygen atoms in total. The molecule has 0 saturated heterocycles. The van der Waals surface area contributed by atoms with Gasteiger partial charge in [0.2, 0.25) is 5.75 Å². The molecule has 2 aromatic carbocycles. The zero-order valence-electron chi connectivity index (χ0n) is 16.2. The third-order valence-corrected chi connectivity index (χ3v) is 4.57. The topological polar surface area (TPSA) is 49.7 Å². The van der Waals surface area contributed by atoms with E-state index in [0.717, 1.165) is 22.6 Å². The van der Waals surface area contributed by atoms with E-state index in [1.165, 1.54) is 0 Å². The molecule has 0 aliphatic heterocycles. The largest absolute Gasteiger partial charge is 0.493 e. The minimum absolute atomic E-state index is 0.0515. The van der Waals surface area contributed by atoms with Crippen LogP contribution in [0.4, 0.5) is 0 Å². The summed E-state index contributed by atoms with van der Waals surface area (Å²) in [6, 6.07) is 15.5. The number of carbonyl (C=O) groups excluding carboxylic acids is 1. The molecular formula is C22H23NO4. The third-order valence-electron chi connectivity index (χ3n) is 4.57. The van der Waals surface area contributed by atoms with Gasteiger partial charge in [0, 0.05) is 22.5 Å². The van der Waals surface area contributed by atoms with Crippen LogP contribution in [-0.4, -0.2) is 31.7 Å². The molecule has 5 heteroatoms. The van der Waals surface area contributed by atoms with E-state index in [0.29, 0.717) is 22.8 Å². The molecule has 1 aromatic heterocycles. The molecule has 0 atom stereocenters. The van der Waals surface area contributed by atoms with Crippen molar-refractivity contribution in [2.75, 3.05) is 21.3 Å². The second kappa shape index (κ2) is 7.58. The van der Waals surface area contributed by atoms with Crippen LogP contribution in [0.3, 0.4) is 0 Å². The van der Waals surface area contributed by atoms with Crippen LogP contribution in [-0.2, 0) is 0 Å². The lowest BCUT2D eigenvalue weighted by Gasteiger charge is -2.16. The van der Waals surface area contributed by atoms with Gasteiger partial charge >= 0.3 is 0 Å². The lowest BCUT2D eigenvalue weighted by Crippen LogP contribution is -2.01. The summed E-state index contributed by atoms with van der Waals surface area (Å²) >= 11 is 0. The van der Waals surface area contributed by atoms with Crippen LogP contribution in [0.15, 0.2) is 48.5 Å². The standard InChI is InChI=1S/C22H23NO4/c1-14-6-11-19(23(14)18-9-7-16(8-10-18)15(2)24)17-12-20(25-3)22(27-5)21(13-17)26-4/h6-13H,1-5H3. The molecule has 0 aliphatic rings. The second-order valence-electron chi connectivity index (χ2n) is 6.21. The molecule has 140 valence electrons. The van der Waals surface area contributed by atoms with E-state index in [1.807, 2.05) is 43.3 Å². The fraction of sp³-hybridized carbons (Fsp3) is 0.227. The first-order valence-electron chi connectivity index (χ1n) is 8.60. The van der Waals surface area contributed by atoms with Gasteiger partial charge in [-0.2, -0.15) is 0 Å². The van der Waals surface area contributed by atoms with Crippen molar-refractivity contribution < 1.29 is 19.0 Å². The van der Waals surface area contributed by atoms with Gasteiger partial charge in [0.25, 0.3) is 0 Å². The van der Waals surface area contributed by atoms with E-state index in [-0.39, 0.29) is 5.78 Å². The van der Waals surface area contributed by atoms with Crippen LogP contribution >= 0.6 is 0 Å². The molecule has 0 unspecified atom stereocenters. The minimum Gasteiger partial charge on any atom is -0.493 e. The number of hydrogen-bond acceptors (Lipinski definition) is 4. The zero-order chi connectivity index (χ0) is 19.6. The van der Waals surface area contributed by atoms with Crippen molar-refractivity contribution in [2.24, 2.45) is 0 Å². The van der Waals surface area contributed by atoms with Crippen molar-refractivity contribution in [1.29, 1.82) is 0 Å². The Labute approximate surface area is 159 Å². The first kappa shape index (κ1) is 18.6. The molecule has 1 heterocycles. The number of rotatable bonds is 6. The monoisotopic (exact) mass is 365 g/mol. The quantitative estimate of drug-likeness (QED) is 0.595. The van der Waals surface area contributed by atoms with E-state index < -0.39 is 0 Å². The van der Waals surface area contributed by atoms with Gasteiger partial charge in [-0.1, -0.05) is 0 Å². The predicted octanol–water partition coefficient (Wildman–Crippen LogP) is 4.68. The van der Waals surface area contributed by atoms with Crippen molar-refractivity contribution in [3.63, 3.8) is 0 Å². The smallest absolute Gasteiger partial charge is 0.203 e. The van der Waals surface area contributed by atoms with E-state index in [4.69, 9.17) is 14.2 Å². The summed E-state index contributed by atoms with van der Waals surface area (Å²) in [7, 11) is 4.79. The van der Waals surface area contributed by atoms with Crippen molar-refractivity contribution in [3.05, 3.63) is 59.8 Å². The number of Topliss-reactive ketones (excluding diaryl/α,β-unsaturated/α-hetero) is 1. The Morgan fingerprint density at radius 3 is 1.93 bits per heavy atom. The van der Waals surface area contributed by atoms with E-state index >= 15 is 0 Å². The lowest BCUT2D eigenvalue weighted by molar-refractivity contribution is 0.101. The summed E-state index contributed by atoms with van der Waals surface area (Å²) in [4.78, 5) is 11.6. The zero-order valence-corrected chi connectivity index (χ0v) is 16.2. The highest BCUT2D eigenvalue weighted by Gasteiger charge is 2.17. The van der Waals surface area contributed by atoms with Crippen LogP contribution in [0.1, 0.15) is 23.0 Å². The Bertz CT molecular complexity index is 945. The van der Waals surface area contributed by atoms with Gasteiger partial charge in [0.1, 0.15) is 0 Å². The average molecular weight is 365 g/mol. The molecule has 0 amide bonds. The normalized spacial score (nSPS) is 10.6. The van der Waals surface area contributed by atoms with Crippen LogP contribution in [0, 0.1) is 6.92 Å². The molecule has 0 fully saturated rings. The number of aromatic nitrogens is 1. The Hall–Kier alpha value is -3.21. The molecule has 0 saturated carbocycles. The van der Waals surface area contributed by atoms with Gasteiger partial charge in [-0.3, -0.25) is 4.79 Å². The van der Waals surface area contributed by atoms with Gasteiger partial charge in [-0.15, -0.1) is 0 Å². The molecule has 0 N–H and O–H groups in total. The maximum Gasteiger partial charge on any atom is 0.203 e. The number of ketones is 1. The van der Waals surface area contributed by atoms with Gasteiger partial charge < -0.3 is 18.8 Å². The molecule has 3 aromatic rings. The Kier molecular flexibility index (Phi) is 5.21. The van der Waals surface area contributed by atoms with Gasteiger partial charge in [0.05, 0.1) is 27.0 Å². The third kappa shape index (κ3) is 3.40. The van der Waals surface area contributed by atoms with E-state index in [1.54, 1.807) is 28.3 Å². The number of aryl methyl sites for hydroxylation is 1. The first-order valence-corrected chi connectivity index (χ1v) is 8.60. The van der Waals surface area contributed by atoms with Crippen molar-refractivity contribution in [3.8, 4) is 34.2 Å². The van der Waals surface area contributed by atoms with Crippen LogP contribution in [0.2, 0.25) is 0 Å². The summed E-state index contributed by atoms with van der Waals surface area (Å²) in [5.41, 5.74) is 4.68. The Morgan fingerprint density at radius 1 is 0.852 bits per heavy atom. The maximum atomic E-state index is 11.6. The molecule has 27 heavy (non-hydrogen) atoms. The van der Waals surface area contributed by atoms with Gasteiger partial charge in [-0.25, -0.2) is 0 Å². The summed E-state index contributed by atoms with van der Waals surface area (Å²) < 4.78 is 18.5. The summed E-state index contributed by atoms with van der Waals surface area (Å²) in [5.74, 6) is 1.81. The SMILES string of the molecule is COc1cc(-c2ccc(C)n2-c2ccc(C(C)=O)cc2)cc(OC)c1OC. The Balaban J connectivity index is 2.16. The highest BCUT2D eigenvalue weighted by Crippen LogP contribution is 2.42. The molecule has 0 bridgehead atoms. The number of methoxy groups -OCH3 is 3. The predicted molar refractivity (Wildman–Crippen MR) is 106 cm³/mol. The number of nitrogens with zero attached hydrogens (tertiary/aromatic N) is 1. The van der Waals surface area contributed by atoms with Crippen molar-refractivity contribution in [1.82, 2.24) is 4.57 Å². The van der Waals surface area contributed by atoms with Gasteiger partial charge in [0.15, 0.2) is 17.3 Å². The lowest BCUT2D eigenvalue weighted by atomic mass is 10.1. The fourth-order valence-electron chi connectivity index (χ4n) is 3.18. The number of carbonyl (C=O) groups is 1. The second-order valence-corrected chi connectivity index (χ2v) is 6.21. The highest BCUT2D eigenvalue weighted by atomic mass is 16.5. The van der Waals surface area contributed by atoms with Crippen LogP contribution in [0.5, 0.6) is 17.2 Å². The van der Waals surface area contributed by atoms with Crippen LogP contribution < -0.4 is 14.2 Å². The molecule has 0 aliphatic carbocycles. The Morgan fingerprint density at radius 2 is 1.44 bits per heavy atom. The minimum atomic E-state index is 0.0515. The maximum absolute atomic E-state index is 11.6. The van der Waals surface area contributed by atoms with Crippen molar-refractivity contribution in [2.45, 2.75) is 13.8 Å². The summed E-state index contributed by atoms with van der Waals surface area (Å²) in [6.45, 7) is 3.61. The van der Waals surface area contributed by atoms with Crippen molar-refractivity contribution >= 4 is 5.78 Å². The number of hydrogen-bond donors (Lipinski definition) is 0. The fourth-order valence-corrected chi connectivity index (χ4v) is 3.18. The van der Waals surface area contributed by atoms with Gasteiger partial charge in [-0.05, 0) is 62.4 Å². The van der Waals surface area contributed by atoms with E-state index in [2.05, 4.69) is 16.7 Å². The first-order chi connectivity index (χ1) is 13.0. The number of ether oxygens (including phenoxy) is 3. The van der Waals surface area contributed by atoms with E-state index in [9.17, 15) is 4.79 Å². The highest BCUT2D eigenvalue weighted by molar-refractivity contribution is 5.94. The molecule has 3 rings (SSSR count). The summed E-state index contributed by atoms with van der Waals surface area (Å²) in [5, 5.41) is 0. The van der Waals surface area contributed by atoms with Crippen LogP contribution in [0.25, 0.3) is 16.9 Å². The summed E-state index contributed by atoms with van der Waals surface area (Å²) in [6.07, 6.45) is 0. The molecular weight excluding hydrogens is 342 g/mol. The molecule has 0 spiro atoms.